The molecule has 184 valence electrons. The first kappa shape index (κ1) is 23.7. The summed E-state index contributed by atoms with van der Waals surface area (Å²) in [6.45, 7) is 8.29. The van der Waals surface area contributed by atoms with E-state index in [1.165, 1.54) is 23.0 Å². The van der Waals surface area contributed by atoms with Crippen molar-refractivity contribution in [2.45, 2.75) is 37.6 Å². The molecule has 1 aromatic heterocycles. The average molecular weight is 496 g/mol. The van der Waals surface area contributed by atoms with Gasteiger partial charge in [-0.05, 0) is 35.8 Å². The number of allylic oxidation sites excluding steroid dienone is 1. The summed E-state index contributed by atoms with van der Waals surface area (Å²) in [6, 6.07) is 7.85. The highest BCUT2D eigenvalue weighted by Gasteiger charge is 2.78. The number of rotatable bonds is 7. The number of anilines is 1. The summed E-state index contributed by atoms with van der Waals surface area (Å²) in [7, 11) is 1.55. The van der Waals surface area contributed by atoms with Crippen molar-refractivity contribution in [3.05, 3.63) is 66.4 Å². The van der Waals surface area contributed by atoms with Gasteiger partial charge in [-0.25, -0.2) is 10.0 Å². The number of imidazole rings is 1. The number of fused-ring (bicyclic) bond motifs is 2. The fourth-order valence-corrected chi connectivity index (χ4v) is 6.25. The lowest BCUT2D eigenvalue weighted by Crippen LogP contribution is -2.79. The third-order valence-electron chi connectivity index (χ3n) is 7.54. The van der Waals surface area contributed by atoms with Crippen LogP contribution in [0.2, 0.25) is 0 Å². The summed E-state index contributed by atoms with van der Waals surface area (Å²) >= 11 is 1.50. The molecule has 35 heavy (non-hydrogen) atoms. The lowest BCUT2D eigenvalue weighted by Gasteiger charge is -2.59. The van der Waals surface area contributed by atoms with Crippen LogP contribution in [0.4, 0.5) is 5.69 Å². The number of amides is 2. The first-order valence-corrected chi connectivity index (χ1v) is 12.7. The number of ether oxygens (including phenoxy) is 1. The Balaban J connectivity index is 1.85. The minimum Gasteiger partial charge on any atom is -0.358 e. The van der Waals surface area contributed by atoms with Crippen LogP contribution in [0.25, 0.3) is 6.08 Å². The lowest BCUT2D eigenvalue weighted by atomic mass is 9.55. The third kappa shape index (κ3) is 2.93. The second-order valence-electron chi connectivity index (χ2n) is 9.43. The predicted molar refractivity (Wildman–Crippen MR) is 134 cm³/mol. The molecule has 2 aromatic rings. The Bertz CT molecular complexity index is 1210. The molecule has 2 N–H and O–H groups in total. The van der Waals surface area contributed by atoms with Crippen molar-refractivity contribution in [2.75, 3.05) is 24.4 Å². The van der Waals surface area contributed by atoms with Crippen molar-refractivity contribution in [3.63, 3.8) is 0 Å². The molecule has 3 aliphatic heterocycles. The van der Waals surface area contributed by atoms with E-state index < -0.39 is 28.6 Å². The van der Waals surface area contributed by atoms with Crippen LogP contribution in [0, 0.1) is 5.41 Å². The van der Waals surface area contributed by atoms with Gasteiger partial charge in [0.05, 0.1) is 42.4 Å². The first-order valence-electron chi connectivity index (χ1n) is 11.3. The number of nitrogens with one attached hydrogen (secondary N) is 2. The number of aromatic amines is 1. The predicted octanol–water partition coefficient (Wildman–Crippen LogP) is 3.00. The van der Waals surface area contributed by atoms with Crippen molar-refractivity contribution < 1.29 is 19.2 Å². The average Bonchev–Trinajstić information content (AvgIpc) is 3.52. The minimum atomic E-state index is -1.37. The number of hydroxylamine groups is 1. The van der Waals surface area contributed by atoms with E-state index in [9.17, 15) is 9.59 Å². The van der Waals surface area contributed by atoms with E-state index in [0.29, 0.717) is 18.1 Å². The zero-order chi connectivity index (χ0) is 25.0. The van der Waals surface area contributed by atoms with Crippen LogP contribution in [-0.4, -0.2) is 57.9 Å². The van der Waals surface area contributed by atoms with Crippen molar-refractivity contribution in [2.24, 2.45) is 5.41 Å². The van der Waals surface area contributed by atoms with E-state index in [1.54, 1.807) is 24.4 Å². The standard InChI is InChI=1S/C25H29N5O4S/c1-6-23(2,3)24-12-20(34-15-35-5)22(32)29-19(11-16-13-26-14-27-16)21(31)28-25(24,29)30(33-4)18-10-8-7-9-17(18)24/h6-11,13-14,20H,1,12,15H2,2-5H3,(H,26,27)(H,28,31)/b19-11+/t20?,24-,25-/m1/s1. The third-order valence-corrected chi connectivity index (χ3v) is 7.91. The largest absolute Gasteiger partial charge is 0.358 e. The number of benzene rings is 1. The van der Waals surface area contributed by atoms with Gasteiger partial charge in [0.2, 0.25) is 5.79 Å². The van der Waals surface area contributed by atoms with Gasteiger partial charge in [0.15, 0.2) is 0 Å². The normalized spacial score (nSPS) is 28.7. The molecule has 5 rings (SSSR count). The van der Waals surface area contributed by atoms with Crippen LogP contribution in [0.1, 0.15) is 31.5 Å². The van der Waals surface area contributed by atoms with E-state index in [1.807, 2.05) is 36.6 Å². The molecule has 1 unspecified atom stereocenters. The molecule has 2 amide bonds. The van der Waals surface area contributed by atoms with Crippen LogP contribution in [0.3, 0.4) is 0 Å². The van der Waals surface area contributed by atoms with Crippen molar-refractivity contribution >= 4 is 35.3 Å². The van der Waals surface area contributed by atoms with Gasteiger partial charge in [0, 0.05) is 0 Å². The van der Waals surface area contributed by atoms with Crippen LogP contribution < -0.4 is 10.4 Å². The van der Waals surface area contributed by atoms with Gasteiger partial charge in [-0.15, -0.1) is 18.3 Å². The Morgan fingerprint density at radius 1 is 1.34 bits per heavy atom. The molecule has 0 aliphatic carbocycles. The SMILES string of the molecule is C=CC(C)(C)[C@]12CC(OCSC)C(=O)N3/C(=C/c4cnc[nH]4)C(=O)N[C@@]31N(OC)c1ccccc12. The summed E-state index contributed by atoms with van der Waals surface area (Å²) in [5.41, 5.74) is 1.05. The van der Waals surface area contributed by atoms with Gasteiger partial charge in [-0.2, -0.15) is 0 Å². The Hall–Kier alpha value is -3.08. The molecule has 4 heterocycles. The number of carbonyl (C=O) groups excluding carboxylic acids is 2. The van der Waals surface area contributed by atoms with Crippen molar-refractivity contribution in [1.29, 1.82) is 0 Å². The number of para-hydroxylation sites is 1. The molecule has 3 atom stereocenters. The molecule has 10 heteroatoms. The van der Waals surface area contributed by atoms with Gasteiger partial charge in [-0.3, -0.25) is 19.3 Å². The molecular weight excluding hydrogens is 466 g/mol. The topological polar surface area (TPSA) is 99.8 Å². The van der Waals surface area contributed by atoms with Crippen LogP contribution >= 0.6 is 11.8 Å². The molecule has 2 fully saturated rings. The number of nitrogens with zero attached hydrogens (tertiary/aromatic N) is 3. The maximum Gasteiger partial charge on any atom is 0.271 e. The maximum atomic E-state index is 14.1. The van der Waals surface area contributed by atoms with E-state index in [4.69, 9.17) is 9.57 Å². The van der Waals surface area contributed by atoms with Crippen molar-refractivity contribution in [1.82, 2.24) is 20.2 Å². The molecule has 1 spiro atoms. The molecular formula is C25H29N5O4S. The first-order chi connectivity index (χ1) is 16.8. The van der Waals surface area contributed by atoms with E-state index in [2.05, 4.69) is 35.7 Å². The zero-order valence-electron chi connectivity index (χ0n) is 20.2. The lowest BCUT2D eigenvalue weighted by molar-refractivity contribution is -0.174. The summed E-state index contributed by atoms with van der Waals surface area (Å²) in [4.78, 5) is 42.3. The monoisotopic (exact) mass is 495 g/mol. The van der Waals surface area contributed by atoms with Crippen LogP contribution in [-0.2, 0) is 24.6 Å². The molecule has 0 radical (unpaired) electrons. The molecule has 9 nitrogen and oxygen atoms in total. The van der Waals surface area contributed by atoms with Gasteiger partial charge in [0.25, 0.3) is 11.8 Å². The molecule has 0 saturated carbocycles. The van der Waals surface area contributed by atoms with Crippen molar-refractivity contribution in [3.8, 4) is 0 Å². The summed E-state index contributed by atoms with van der Waals surface area (Å²) in [5.74, 6) is -1.73. The summed E-state index contributed by atoms with van der Waals surface area (Å²) in [6.07, 6.45) is 8.11. The number of carbonyl (C=O) groups is 2. The second kappa shape index (κ2) is 8.25. The number of hydrogen-bond acceptors (Lipinski definition) is 7. The number of hydrogen-bond donors (Lipinski definition) is 2. The Labute approximate surface area is 208 Å². The quantitative estimate of drug-likeness (QED) is 0.346. The van der Waals surface area contributed by atoms with E-state index in [-0.39, 0.29) is 11.6 Å². The molecule has 3 aliphatic rings. The molecule has 0 bridgehead atoms. The zero-order valence-corrected chi connectivity index (χ0v) is 21.0. The minimum absolute atomic E-state index is 0.191. The fourth-order valence-electron chi connectivity index (χ4n) is 5.95. The van der Waals surface area contributed by atoms with Crippen LogP contribution in [0.5, 0.6) is 0 Å². The number of aromatic nitrogens is 2. The fraction of sp³-hybridized carbons (Fsp3) is 0.400. The Morgan fingerprint density at radius 3 is 2.77 bits per heavy atom. The van der Waals surface area contributed by atoms with Gasteiger partial charge >= 0.3 is 0 Å². The highest BCUT2D eigenvalue weighted by atomic mass is 32.2. The van der Waals surface area contributed by atoms with Gasteiger partial charge in [-0.1, -0.05) is 38.1 Å². The Morgan fingerprint density at radius 2 is 2.11 bits per heavy atom. The number of H-pyrrole nitrogens is 1. The second-order valence-corrected chi connectivity index (χ2v) is 10.2. The summed E-state index contributed by atoms with van der Waals surface area (Å²) < 4.78 is 6.12. The van der Waals surface area contributed by atoms with Gasteiger partial charge in [0.1, 0.15) is 11.8 Å². The van der Waals surface area contributed by atoms with Crippen LogP contribution in [0.15, 0.2) is 55.1 Å². The summed E-state index contributed by atoms with van der Waals surface area (Å²) in [5, 5.41) is 4.84. The highest BCUT2D eigenvalue weighted by molar-refractivity contribution is 7.98. The van der Waals surface area contributed by atoms with Gasteiger partial charge < -0.3 is 15.0 Å². The number of piperidine rings is 1. The Kier molecular flexibility index (Phi) is 5.58. The smallest absolute Gasteiger partial charge is 0.271 e. The van der Waals surface area contributed by atoms with E-state index in [0.717, 1.165) is 11.3 Å². The molecule has 1 aromatic carbocycles. The highest BCUT2D eigenvalue weighted by Crippen LogP contribution is 2.66. The van der Waals surface area contributed by atoms with E-state index >= 15 is 0 Å². The number of thioether (sulfide) groups is 1. The molecule has 2 saturated heterocycles. The maximum absolute atomic E-state index is 14.1.